The van der Waals surface area contributed by atoms with Crippen molar-refractivity contribution in [3.63, 3.8) is 0 Å². The Kier molecular flexibility index (Phi) is 4.58. The summed E-state index contributed by atoms with van der Waals surface area (Å²) in [5.74, 6) is 0.332. The van der Waals surface area contributed by atoms with Gasteiger partial charge in [0.1, 0.15) is 0 Å². The van der Waals surface area contributed by atoms with Crippen LogP contribution in [0.2, 0.25) is 0 Å². The Hall–Kier alpha value is -0.940. The lowest BCUT2D eigenvalue weighted by Gasteiger charge is -2.36. The molecule has 0 N–H and O–H groups in total. The zero-order valence-electron chi connectivity index (χ0n) is 12.0. The van der Waals surface area contributed by atoms with Crippen LogP contribution >= 0.6 is 11.3 Å². The van der Waals surface area contributed by atoms with Gasteiger partial charge in [-0.05, 0) is 26.2 Å². The smallest absolute Gasteiger partial charge is 0.186 e. The number of aldehydes is 1. The fraction of sp³-hybridized carbons (Fsp3) is 0.714. The quantitative estimate of drug-likeness (QED) is 0.796. The van der Waals surface area contributed by atoms with Crippen molar-refractivity contribution in [2.45, 2.75) is 52.2 Å². The number of hydrogen-bond donors (Lipinski definition) is 0. The van der Waals surface area contributed by atoms with E-state index < -0.39 is 0 Å². The second-order valence-corrected chi connectivity index (χ2v) is 6.33. The Morgan fingerprint density at radius 3 is 2.95 bits per heavy atom. The molecule has 1 aliphatic rings. The zero-order chi connectivity index (χ0) is 14.0. The highest BCUT2D eigenvalue weighted by molar-refractivity contribution is 7.17. The number of carbonyl (C=O) groups is 1. The largest absolute Gasteiger partial charge is 0.375 e. The first-order chi connectivity index (χ1) is 9.06. The highest BCUT2D eigenvalue weighted by atomic mass is 32.1. The van der Waals surface area contributed by atoms with E-state index in [-0.39, 0.29) is 6.10 Å². The van der Waals surface area contributed by atoms with Gasteiger partial charge in [-0.2, -0.15) is 0 Å². The van der Waals surface area contributed by atoms with Crippen LogP contribution in [0.1, 0.15) is 55.4 Å². The highest BCUT2D eigenvalue weighted by Crippen LogP contribution is 2.33. The predicted molar refractivity (Wildman–Crippen MR) is 78.4 cm³/mol. The Balaban J connectivity index is 2.29. The SMILES string of the molecule is CCC(C)c1nc(N2CC(C)OCC2C)sc1C=O. The lowest BCUT2D eigenvalue weighted by Crippen LogP contribution is -2.47. The summed E-state index contributed by atoms with van der Waals surface area (Å²) < 4.78 is 5.64. The number of ether oxygens (including phenoxy) is 1. The van der Waals surface area contributed by atoms with Crippen LogP contribution in [-0.2, 0) is 4.74 Å². The number of nitrogens with zero attached hydrogens (tertiary/aromatic N) is 2. The normalized spacial score (nSPS) is 25.4. The number of aromatic nitrogens is 1. The minimum Gasteiger partial charge on any atom is -0.375 e. The second kappa shape index (κ2) is 6.01. The molecule has 1 saturated heterocycles. The summed E-state index contributed by atoms with van der Waals surface area (Å²) in [6, 6.07) is 0.312. The van der Waals surface area contributed by atoms with Crippen molar-refractivity contribution < 1.29 is 9.53 Å². The first-order valence-corrected chi connectivity index (χ1v) is 7.72. The van der Waals surface area contributed by atoms with Crippen molar-refractivity contribution in [1.82, 2.24) is 4.98 Å². The van der Waals surface area contributed by atoms with Gasteiger partial charge < -0.3 is 9.64 Å². The fourth-order valence-electron chi connectivity index (χ4n) is 2.26. The number of anilines is 1. The molecule has 0 radical (unpaired) electrons. The fourth-order valence-corrected chi connectivity index (χ4v) is 3.37. The van der Waals surface area contributed by atoms with Crippen LogP contribution in [0.15, 0.2) is 0 Å². The summed E-state index contributed by atoms with van der Waals surface area (Å²) in [6.45, 7) is 10.0. The van der Waals surface area contributed by atoms with Crippen molar-refractivity contribution >= 4 is 22.8 Å². The third-order valence-corrected chi connectivity index (χ3v) is 4.74. The monoisotopic (exact) mass is 282 g/mol. The lowest BCUT2D eigenvalue weighted by atomic mass is 10.0. The molecule has 0 amide bonds. The third kappa shape index (κ3) is 2.98. The van der Waals surface area contributed by atoms with E-state index in [1.165, 1.54) is 11.3 Å². The molecule has 0 aliphatic carbocycles. The van der Waals surface area contributed by atoms with E-state index in [0.717, 1.165) is 41.6 Å². The van der Waals surface area contributed by atoms with Gasteiger partial charge in [0.2, 0.25) is 0 Å². The molecule has 0 spiro atoms. The van der Waals surface area contributed by atoms with Crippen LogP contribution in [0.4, 0.5) is 5.13 Å². The first kappa shape index (κ1) is 14.5. The average molecular weight is 282 g/mol. The number of morpholine rings is 1. The first-order valence-electron chi connectivity index (χ1n) is 6.90. The zero-order valence-corrected chi connectivity index (χ0v) is 12.9. The van der Waals surface area contributed by atoms with Gasteiger partial charge in [0.25, 0.3) is 0 Å². The van der Waals surface area contributed by atoms with Crippen molar-refractivity contribution in [2.75, 3.05) is 18.1 Å². The van der Waals surface area contributed by atoms with Crippen LogP contribution in [0.5, 0.6) is 0 Å². The molecule has 0 saturated carbocycles. The highest BCUT2D eigenvalue weighted by Gasteiger charge is 2.27. The van der Waals surface area contributed by atoms with Gasteiger partial charge in [0.15, 0.2) is 11.4 Å². The van der Waals surface area contributed by atoms with E-state index in [1.54, 1.807) is 0 Å². The summed E-state index contributed by atoms with van der Waals surface area (Å²) in [5, 5.41) is 0.958. The van der Waals surface area contributed by atoms with Gasteiger partial charge in [-0.25, -0.2) is 4.98 Å². The molecule has 1 aromatic heterocycles. The molecule has 1 aromatic rings. The van der Waals surface area contributed by atoms with Gasteiger partial charge >= 0.3 is 0 Å². The molecule has 3 atom stereocenters. The molecule has 2 rings (SSSR count). The average Bonchev–Trinajstić information content (AvgIpc) is 2.84. The van der Waals surface area contributed by atoms with Crippen molar-refractivity contribution in [1.29, 1.82) is 0 Å². The number of carbonyl (C=O) groups excluding carboxylic acids is 1. The molecule has 5 heteroatoms. The molecule has 0 aromatic carbocycles. The maximum absolute atomic E-state index is 11.2. The van der Waals surface area contributed by atoms with Crippen LogP contribution in [0.3, 0.4) is 0 Å². The van der Waals surface area contributed by atoms with E-state index >= 15 is 0 Å². The molecule has 19 heavy (non-hydrogen) atoms. The van der Waals surface area contributed by atoms with Crippen molar-refractivity contribution in [2.24, 2.45) is 0 Å². The maximum atomic E-state index is 11.2. The standard InChI is InChI=1S/C14H22N2O2S/c1-5-9(2)13-12(7-17)19-14(15-13)16-6-11(4)18-8-10(16)3/h7,9-11H,5-6,8H2,1-4H3. The van der Waals surface area contributed by atoms with E-state index in [1.807, 2.05) is 0 Å². The molecule has 4 nitrogen and oxygen atoms in total. The van der Waals surface area contributed by atoms with Gasteiger partial charge in [-0.1, -0.05) is 25.2 Å². The summed E-state index contributed by atoms with van der Waals surface area (Å²) in [5.41, 5.74) is 0.948. The summed E-state index contributed by atoms with van der Waals surface area (Å²) >= 11 is 1.51. The molecule has 2 heterocycles. The minimum atomic E-state index is 0.215. The molecular formula is C14H22N2O2S. The number of thiazole rings is 1. The third-order valence-electron chi connectivity index (χ3n) is 3.71. The Bertz CT molecular complexity index is 447. The maximum Gasteiger partial charge on any atom is 0.186 e. The minimum absolute atomic E-state index is 0.215. The summed E-state index contributed by atoms with van der Waals surface area (Å²) in [4.78, 5) is 19.0. The molecule has 1 fully saturated rings. The van der Waals surface area contributed by atoms with Gasteiger partial charge in [-0.15, -0.1) is 0 Å². The Morgan fingerprint density at radius 2 is 2.32 bits per heavy atom. The van der Waals surface area contributed by atoms with Crippen molar-refractivity contribution in [3.8, 4) is 0 Å². The van der Waals surface area contributed by atoms with Crippen LogP contribution in [0.25, 0.3) is 0 Å². The summed E-state index contributed by atoms with van der Waals surface area (Å²) in [7, 11) is 0. The van der Waals surface area contributed by atoms with E-state index in [2.05, 4.69) is 32.6 Å². The summed E-state index contributed by atoms with van der Waals surface area (Å²) in [6.07, 6.45) is 2.16. The van der Waals surface area contributed by atoms with Crippen LogP contribution < -0.4 is 4.90 Å². The van der Waals surface area contributed by atoms with Gasteiger partial charge in [0.05, 0.1) is 29.3 Å². The predicted octanol–water partition coefficient (Wildman–Crippen LogP) is 3.08. The van der Waals surface area contributed by atoms with Gasteiger partial charge in [-0.3, -0.25) is 4.79 Å². The number of hydrogen-bond acceptors (Lipinski definition) is 5. The van der Waals surface area contributed by atoms with E-state index in [9.17, 15) is 4.79 Å². The van der Waals surface area contributed by atoms with Gasteiger partial charge in [0, 0.05) is 6.54 Å². The molecular weight excluding hydrogens is 260 g/mol. The second-order valence-electron chi connectivity index (χ2n) is 5.32. The topological polar surface area (TPSA) is 42.4 Å². The van der Waals surface area contributed by atoms with E-state index in [0.29, 0.717) is 12.0 Å². The Morgan fingerprint density at radius 1 is 1.58 bits per heavy atom. The lowest BCUT2D eigenvalue weighted by molar-refractivity contribution is 0.0343. The molecule has 1 aliphatic heterocycles. The van der Waals surface area contributed by atoms with E-state index in [4.69, 9.17) is 9.72 Å². The molecule has 3 unspecified atom stereocenters. The van der Waals surface area contributed by atoms with Crippen LogP contribution in [0, 0.1) is 0 Å². The number of rotatable bonds is 4. The molecule has 106 valence electrons. The Labute approximate surface area is 118 Å². The van der Waals surface area contributed by atoms with Crippen molar-refractivity contribution in [3.05, 3.63) is 10.6 Å². The molecule has 0 bridgehead atoms. The van der Waals surface area contributed by atoms with Crippen LogP contribution in [-0.4, -0.2) is 36.6 Å².